The van der Waals surface area contributed by atoms with E-state index in [1.54, 1.807) is 12.4 Å². The summed E-state index contributed by atoms with van der Waals surface area (Å²) in [5.41, 5.74) is 6.17. The number of unbranched alkanes of at least 4 members (excludes halogenated alkanes) is 1. The predicted octanol–water partition coefficient (Wildman–Crippen LogP) is 2.12. The van der Waals surface area contributed by atoms with Gasteiger partial charge in [-0.05, 0) is 19.3 Å². The van der Waals surface area contributed by atoms with Crippen LogP contribution in [0.15, 0.2) is 12.4 Å². The molecule has 88 valence electrons. The molecule has 1 saturated carbocycles. The lowest BCUT2D eigenvalue weighted by molar-refractivity contribution is -0.0129. The van der Waals surface area contributed by atoms with Gasteiger partial charge in [0.2, 0.25) is 0 Å². The highest BCUT2D eigenvalue weighted by Gasteiger charge is 2.32. The van der Waals surface area contributed by atoms with Crippen molar-refractivity contribution in [2.45, 2.75) is 44.6 Å². The van der Waals surface area contributed by atoms with Crippen molar-refractivity contribution in [2.75, 3.05) is 12.3 Å². The minimum atomic E-state index is 0.415. The van der Waals surface area contributed by atoms with E-state index >= 15 is 0 Å². The van der Waals surface area contributed by atoms with Crippen LogP contribution >= 0.6 is 0 Å². The first-order chi connectivity index (χ1) is 7.79. The van der Waals surface area contributed by atoms with Crippen molar-refractivity contribution in [1.82, 2.24) is 9.97 Å². The molecule has 0 bridgehead atoms. The second-order valence-corrected chi connectivity index (χ2v) is 4.39. The normalized spacial score (nSPS) is 24.1. The van der Waals surface area contributed by atoms with Crippen LogP contribution in [0.25, 0.3) is 0 Å². The summed E-state index contributed by atoms with van der Waals surface area (Å²) in [4.78, 5) is 8.48. The Morgan fingerprint density at radius 3 is 2.69 bits per heavy atom. The lowest BCUT2D eigenvalue weighted by Crippen LogP contribution is -2.31. The number of nitrogen functional groups attached to an aromatic ring is 1. The van der Waals surface area contributed by atoms with Gasteiger partial charge in [0.05, 0.1) is 24.2 Å². The van der Waals surface area contributed by atoms with E-state index < -0.39 is 0 Å². The molecule has 0 atom stereocenters. The Balaban J connectivity index is 1.73. The van der Waals surface area contributed by atoms with E-state index in [2.05, 4.69) is 16.9 Å². The average molecular weight is 221 g/mol. The van der Waals surface area contributed by atoms with Gasteiger partial charge in [-0.15, -0.1) is 0 Å². The second kappa shape index (κ2) is 5.25. The van der Waals surface area contributed by atoms with Crippen LogP contribution in [0.1, 0.15) is 44.3 Å². The number of hydrogen-bond donors (Lipinski definition) is 1. The Hall–Kier alpha value is -1.16. The maximum atomic E-state index is 5.71. The molecule has 1 aromatic heterocycles. The van der Waals surface area contributed by atoms with Gasteiger partial charge in [0.15, 0.2) is 0 Å². The number of anilines is 1. The summed E-state index contributed by atoms with van der Waals surface area (Å²) in [5, 5.41) is 0. The van der Waals surface area contributed by atoms with Crippen LogP contribution < -0.4 is 5.73 Å². The zero-order chi connectivity index (χ0) is 11.4. The molecule has 4 heteroatoms. The van der Waals surface area contributed by atoms with Crippen molar-refractivity contribution < 1.29 is 4.74 Å². The molecular formula is C12H19N3O. The molecule has 0 spiro atoms. The molecular weight excluding hydrogens is 202 g/mol. The molecule has 0 radical (unpaired) electrons. The Labute approximate surface area is 96.2 Å². The minimum Gasteiger partial charge on any atom is -0.396 e. The largest absolute Gasteiger partial charge is 0.396 e. The molecule has 0 unspecified atom stereocenters. The van der Waals surface area contributed by atoms with Crippen molar-refractivity contribution in [3.8, 4) is 0 Å². The van der Waals surface area contributed by atoms with Crippen LogP contribution in [0.2, 0.25) is 0 Å². The lowest BCUT2D eigenvalue weighted by atomic mass is 9.81. The molecule has 1 heterocycles. The maximum Gasteiger partial charge on any atom is 0.131 e. The van der Waals surface area contributed by atoms with Crippen LogP contribution in [-0.4, -0.2) is 22.7 Å². The quantitative estimate of drug-likeness (QED) is 0.774. The number of nitrogens with zero attached hydrogens (tertiary/aromatic N) is 2. The number of aromatic nitrogens is 2. The van der Waals surface area contributed by atoms with E-state index in [1.807, 2.05) is 0 Å². The van der Waals surface area contributed by atoms with Gasteiger partial charge in [0.1, 0.15) is 5.82 Å². The standard InChI is InChI=1S/C12H19N3O/c1-2-3-4-16-11-5-9(6-11)12-14-7-10(13)8-15-12/h7-9,11H,2-6,13H2,1H3. The summed E-state index contributed by atoms with van der Waals surface area (Å²) in [7, 11) is 0. The number of ether oxygens (including phenoxy) is 1. The Morgan fingerprint density at radius 2 is 2.06 bits per heavy atom. The smallest absolute Gasteiger partial charge is 0.131 e. The van der Waals surface area contributed by atoms with Crippen LogP contribution in [0, 0.1) is 0 Å². The van der Waals surface area contributed by atoms with E-state index in [4.69, 9.17) is 10.5 Å². The van der Waals surface area contributed by atoms with Gasteiger partial charge < -0.3 is 10.5 Å². The molecule has 1 aromatic rings. The molecule has 1 fully saturated rings. The van der Waals surface area contributed by atoms with Gasteiger partial charge in [-0.3, -0.25) is 0 Å². The summed E-state index contributed by atoms with van der Waals surface area (Å²) in [6.07, 6.45) is 8.21. The lowest BCUT2D eigenvalue weighted by Gasteiger charge is -2.33. The molecule has 16 heavy (non-hydrogen) atoms. The van der Waals surface area contributed by atoms with Crippen LogP contribution in [-0.2, 0) is 4.74 Å². The fourth-order valence-corrected chi connectivity index (χ4v) is 1.87. The zero-order valence-electron chi connectivity index (χ0n) is 9.72. The van der Waals surface area contributed by atoms with Gasteiger partial charge in [-0.25, -0.2) is 9.97 Å². The molecule has 0 aromatic carbocycles. The van der Waals surface area contributed by atoms with Crippen molar-refractivity contribution in [3.63, 3.8) is 0 Å². The third-order valence-electron chi connectivity index (χ3n) is 3.00. The van der Waals surface area contributed by atoms with Gasteiger partial charge in [-0.1, -0.05) is 13.3 Å². The van der Waals surface area contributed by atoms with Crippen LogP contribution in [0.3, 0.4) is 0 Å². The molecule has 0 amide bonds. The summed E-state index contributed by atoms with van der Waals surface area (Å²) < 4.78 is 5.71. The Morgan fingerprint density at radius 1 is 1.38 bits per heavy atom. The summed E-state index contributed by atoms with van der Waals surface area (Å²) in [6.45, 7) is 3.06. The van der Waals surface area contributed by atoms with Gasteiger partial charge in [-0.2, -0.15) is 0 Å². The summed E-state index contributed by atoms with van der Waals surface area (Å²) in [5.74, 6) is 1.37. The van der Waals surface area contributed by atoms with E-state index in [-0.39, 0.29) is 0 Å². The highest BCUT2D eigenvalue weighted by molar-refractivity contribution is 5.30. The summed E-state index contributed by atoms with van der Waals surface area (Å²) >= 11 is 0. The molecule has 2 N–H and O–H groups in total. The third-order valence-corrected chi connectivity index (χ3v) is 3.00. The third kappa shape index (κ3) is 2.70. The van der Waals surface area contributed by atoms with E-state index in [1.165, 1.54) is 6.42 Å². The van der Waals surface area contributed by atoms with Crippen LogP contribution in [0.5, 0.6) is 0 Å². The van der Waals surface area contributed by atoms with E-state index in [9.17, 15) is 0 Å². The molecule has 1 aliphatic rings. The molecule has 4 nitrogen and oxygen atoms in total. The monoisotopic (exact) mass is 221 g/mol. The second-order valence-electron chi connectivity index (χ2n) is 4.39. The van der Waals surface area contributed by atoms with Crippen molar-refractivity contribution >= 4 is 5.69 Å². The number of nitrogens with two attached hydrogens (primary N) is 1. The Kier molecular flexibility index (Phi) is 3.72. The minimum absolute atomic E-state index is 0.415. The van der Waals surface area contributed by atoms with E-state index in [0.717, 1.165) is 31.7 Å². The van der Waals surface area contributed by atoms with E-state index in [0.29, 0.717) is 17.7 Å². The van der Waals surface area contributed by atoms with Gasteiger partial charge >= 0.3 is 0 Å². The average Bonchev–Trinajstić information content (AvgIpc) is 2.23. The number of rotatable bonds is 5. The van der Waals surface area contributed by atoms with Crippen molar-refractivity contribution in [2.24, 2.45) is 0 Å². The first-order valence-corrected chi connectivity index (χ1v) is 5.98. The fourth-order valence-electron chi connectivity index (χ4n) is 1.87. The summed E-state index contributed by atoms with van der Waals surface area (Å²) in [6, 6.07) is 0. The van der Waals surface area contributed by atoms with Crippen LogP contribution in [0.4, 0.5) is 5.69 Å². The van der Waals surface area contributed by atoms with Crippen molar-refractivity contribution in [3.05, 3.63) is 18.2 Å². The maximum absolute atomic E-state index is 5.71. The van der Waals surface area contributed by atoms with Gasteiger partial charge in [0.25, 0.3) is 0 Å². The highest BCUT2D eigenvalue weighted by atomic mass is 16.5. The first-order valence-electron chi connectivity index (χ1n) is 5.98. The molecule has 2 rings (SSSR count). The SMILES string of the molecule is CCCCOC1CC(c2ncc(N)cn2)C1. The zero-order valence-corrected chi connectivity index (χ0v) is 9.72. The predicted molar refractivity (Wildman–Crippen MR) is 63.1 cm³/mol. The number of hydrogen-bond acceptors (Lipinski definition) is 4. The fraction of sp³-hybridized carbons (Fsp3) is 0.667. The topological polar surface area (TPSA) is 61.0 Å². The highest BCUT2D eigenvalue weighted by Crippen LogP contribution is 2.36. The first kappa shape index (κ1) is 11.3. The molecule has 0 aliphatic heterocycles. The molecule has 1 aliphatic carbocycles. The Bertz CT molecular complexity index is 320. The molecule has 0 saturated heterocycles. The van der Waals surface area contributed by atoms with Gasteiger partial charge in [0, 0.05) is 12.5 Å². The van der Waals surface area contributed by atoms with Crippen molar-refractivity contribution in [1.29, 1.82) is 0 Å².